The topological polar surface area (TPSA) is 102 Å². The van der Waals surface area contributed by atoms with E-state index in [9.17, 15) is 9.59 Å². The van der Waals surface area contributed by atoms with Crippen molar-refractivity contribution >= 4 is 28.9 Å². The zero-order chi connectivity index (χ0) is 24.3. The van der Waals surface area contributed by atoms with Gasteiger partial charge in [-0.15, -0.1) is 11.3 Å². The van der Waals surface area contributed by atoms with Gasteiger partial charge in [-0.1, -0.05) is 0 Å². The van der Waals surface area contributed by atoms with Gasteiger partial charge in [0.1, 0.15) is 22.2 Å². The first-order valence-corrected chi connectivity index (χ1v) is 11.6. The van der Waals surface area contributed by atoms with E-state index in [1.54, 1.807) is 14.2 Å². The average Bonchev–Trinajstić information content (AvgIpc) is 3.31. The number of aromatic nitrogens is 1. The van der Waals surface area contributed by atoms with Crippen molar-refractivity contribution in [2.24, 2.45) is 5.10 Å². The number of benzene rings is 2. The molecular formula is C25H26N4O4S. The van der Waals surface area contributed by atoms with Gasteiger partial charge in [0.05, 0.1) is 30.3 Å². The summed E-state index contributed by atoms with van der Waals surface area (Å²) >= 11 is 1.52. The zero-order valence-electron chi connectivity index (χ0n) is 19.5. The fourth-order valence-electron chi connectivity index (χ4n) is 3.52. The molecule has 8 nitrogen and oxygen atoms in total. The van der Waals surface area contributed by atoms with Gasteiger partial charge in [-0.2, -0.15) is 5.10 Å². The molecule has 0 spiro atoms. The smallest absolute Gasteiger partial charge is 0.268 e. The molecule has 2 N–H and O–H groups in total. The Labute approximate surface area is 202 Å². The van der Waals surface area contributed by atoms with Crippen molar-refractivity contribution < 1.29 is 19.1 Å². The first-order chi connectivity index (χ1) is 16.3. The van der Waals surface area contributed by atoms with Gasteiger partial charge < -0.3 is 14.8 Å². The summed E-state index contributed by atoms with van der Waals surface area (Å²) in [5.74, 6) is 1.02. The van der Waals surface area contributed by atoms with Crippen LogP contribution >= 0.6 is 11.3 Å². The molecule has 0 atom stereocenters. The molecule has 0 saturated heterocycles. The van der Waals surface area contributed by atoms with Crippen LogP contribution in [0.15, 0.2) is 53.6 Å². The van der Waals surface area contributed by atoms with Gasteiger partial charge in [0.15, 0.2) is 0 Å². The predicted octanol–water partition coefficient (Wildman–Crippen LogP) is 4.11. The Hall–Kier alpha value is -3.72. The molecule has 1 aliphatic heterocycles. The number of ether oxygens (including phenoxy) is 2. The van der Waals surface area contributed by atoms with E-state index < -0.39 is 5.54 Å². The molecule has 0 bridgehead atoms. The Morgan fingerprint density at radius 2 is 1.56 bits per heavy atom. The second-order valence-electron chi connectivity index (χ2n) is 8.33. The Morgan fingerprint density at radius 1 is 0.971 bits per heavy atom. The van der Waals surface area contributed by atoms with Crippen molar-refractivity contribution in [2.75, 3.05) is 14.2 Å². The minimum atomic E-state index is -0.766. The summed E-state index contributed by atoms with van der Waals surface area (Å²) in [6.45, 7) is 3.81. The number of nitrogens with zero attached hydrogens (tertiary/aromatic N) is 2. The molecule has 176 valence electrons. The summed E-state index contributed by atoms with van der Waals surface area (Å²) in [5.41, 5.74) is 4.66. The summed E-state index contributed by atoms with van der Waals surface area (Å²) in [6, 6.07) is 15.5. The SMILES string of the molecule is COc1ccc(-c2nc(C(C)(C)NC(=O)C3=NNC(=O)CC3)sc2-c2ccc(OC)cc2)cc1. The number of thiazole rings is 1. The van der Waals surface area contributed by atoms with Gasteiger partial charge in [0, 0.05) is 18.4 Å². The van der Waals surface area contributed by atoms with Gasteiger partial charge in [0.25, 0.3) is 5.91 Å². The highest BCUT2D eigenvalue weighted by molar-refractivity contribution is 7.15. The number of hydrazone groups is 1. The molecule has 1 aromatic heterocycles. The van der Waals surface area contributed by atoms with Crippen LogP contribution in [0.4, 0.5) is 0 Å². The van der Waals surface area contributed by atoms with E-state index >= 15 is 0 Å². The molecule has 4 rings (SSSR count). The number of amides is 2. The van der Waals surface area contributed by atoms with Gasteiger partial charge in [-0.05, 0) is 67.9 Å². The van der Waals surface area contributed by atoms with Crippen LogP contribution < -0.4 is 20.2 Å². The highest BCUT2D eigenvalue weighted by atomic mass is 32.1. The second-order valence-corrected chi connectivity index (χ2v) is 9.33. The van der Waals surface area contributed by atoms with Crippen LogP contribution in [0.25, 0.3) is 21.7 Å². The minimum absolute atomic E-state index is 0.191. The van der Waals surface area contributed by atoms with Crippen LogP contribution in [0.2, 0.25) is 0 Å². The van der Waals surface area contributed by atoms with Crippen molar-refractivity contribution in [3.05, 3.63) is 53.5 Å². The second kappa shape index (κ2) is 9.64. The van der Waals surface area contributed by atoms with Crippen molar-refractivity contribution in [3.63, 3.8) is 0 Å². The van der Waals surface area contributed by atoms with E-state index in [1.165, 1.54) is 11.3 Å². The minimum Gasteiger partial charge on any atom is -0.497 e. The lowest BCUT2D eigenvalue weighted by molar-refractivity contribution is -0.121. The van der Waals surface area contributed by atoms with E-state index in [0.717, 1.165) is 38.2 Å². The lowest BCUT2D eigenvalue weighted by Gasteiger charge is -2.24. The third kappa shape index (κ3) is 4.94. The molecule has 0 fully saturated rings. The van der Waals surface area contributed by atoms with E-state index in [4.69, 9.17) is 14.5 Å². The Bertz CT molecular complexity index is 1170. The summed E-state index contributed by atoms with van der Waals surface area (Å²) in [7, 11) is 3.27. The number of carbonyl (C=O) groups excluding carboxylic acids is 2. The zero-order valence-corrected chi connectivity index (χ0v) is 20.3. The van der Waals surface area contributed by atoms with E-state index in [-0.39, 0.29) is 18.2 Å². The molecule has 2 heterocycles. The van der Waals surface area contributed by atoms with Crippen LogP contribution in [0, 0.1) is 0 Å². The maximum absolute atomic E-state index is 12.8. The molecule has 0 radical (unpaired) electrons. The number of rotatable bonds is 7. The van der Waals surface area contributed by atoms with Crippen molar-refractivity contribution in [3.8, 4) is 33.2 Å². The largest absolute Gasteiger partial charge is 0.497 e. The number of hydrogen-bond donors (Lipinski definition) is 2. The normalized spacial score (nSPS) is 13.6. The highest BCUT2D eigenvalue weighted by Crippen LogP contribution is 2.41. The standard InChI is InChI=1S/C25H26N4O4S/c1-25(2,27-23(31)19-13-14-20(30)29-28-19)24-26-21(15-5-9-17(32-3)10-6-15)22(34-24)16-7-11-18(33-4)12-8-16/h5-12H,13-14H2,1-4H3,(H,27,31)(H,29,30). The molecule has 2 aromatic carbocycles. The molecule has 0 aliphatic carbocycles. The lowest BCUT2D eigenvalue weighted by Crippen LogP contribution is -2.46. The maximum atomic E-state index is 12.8. The molecule has 2 amide bonds. The fraction of sp³-hybridized carbons (Fsp3) is 0.280. The Kier molecular flexibility index (Phi) is 6.65. The van der Waals surface area contributed by atoms with Gasteiger partial charge in [-0.3, -0.25) is 9.59 Å². The van der Waals surface area contributed by atoms with Crippen molar-refractivity contribution in [2.45, 2.75) is 32.2 Å². The quantitative estimate of drug-likeness (QED) is 0.532. The van der Waals surface area contributed by atoms with E-state index in [1.807, 2.05) is 62.4 Å². The molecule has 1 aliphatic rings. The monoisotopic (exact) mass is 478 g/mol. The number of hydrogen-bond acceptors (Lipinski definition) is 7. The first-order valence-electron chi connectivity index (χ1n) is 10.8. The molecule has 0 saturated carbocycles. The fourth-order valence-corrected chi connectivity index (χ4v) is 4.67. The van der Waals surface area contributed by atoms with Crippen molar-refractivity contribution in [1.29, 1.82) is 0 Å². The maximum Gasteiger partial charge on any atom is 0.268 e. The average molecular weight is 479 g/mol. The molecule has 34 heavy (non-hydrogen) atoms. The predicted molar refractivity (Wildman–Crippen MR) is 132 cm³/mol. The Morgan fingerprint density at radius 3 is 2.09 bits per heavy atom. The van der Waals surface area contributed by atoms with Crippen LogP contribution in [0.3, 0.4) is 0 Å². The summed E-state index contributed by atoms with van der Waals surface area (Å²) in [4.78, 5) is 30.1. The third-order valence-electron chi connectivity index (χ3n) is 5.47. The summed E-state index contributed by atoms with van der Waals surface area (Å²) in [5, 5.41) is 7.68. The van der Waals surface area contributed by atoms with Crippen molar-refractivity contribution in [1.82, 2.24) is 15.7 Å². The first kappa shape index (κ1) is 23.4. The summed E-state index contributed by atoms with van der Waals surface area (Å²) in [6.07, 6.45) is 0.549. The number of methoxy groups -OCH3 is 2. The van der Waals surface area contributed by atoms with Crippen LogP contribution in [-0.4, -0.2) is 36.7 Å². The van der Waals surface area contributed by atoms with Crippen LogP contribution in [0.1, 0.15) is 31.7 Å². The molecule has 0 unspecified atom stereocenters. The van der Waals surface area contributed by atoms with E-state index in [2.05, 4.69) is 15.8 Å². The highest BCUT2D eigenvalue weighted by Gasteiger charge is 2.31. The molecular weight excluding hydrogens is 452 g/mol. The summed E-state index contributed by atoms with van der Waals surface area (Å²) < 4.78 is 10.6. The van der Waals surface area contributed by atoms with E-state index in [0.29, 0.717) is 12.1 Å². The van der Waals surface area contributed by atoms with Gasteiger partial charge in [-0.25, -0.2) is 10.4 Å². The molecule has 3 aromatic rings. The van der Waals surface area contributed by atoms with Gasteiger partial charge in [0.2, 0.25) is 5.91 Å². The Balaban J connectivity index is 1.71. The molecule has 9 heteroatoms. The van der Waals surface area contributed by atoms with Crippen LogP contribution in [0.5, 0.6) is 11.5 Å². The lowest BCUT2D eigenvalue weighted by atomic mass is 10.0. The third-order valence-corrected chi connectivity index (χ3v) is 6.90. The van der Waals surface area contributed by atoms with Gasteiger partial charge >= 0.3 is 0 Å². The number of nitrogens with one attached hydrogen (secondary N) is 2. The number of carbonyl (C=O) groups is 2. The van der Waals surface area contributed by atoms with Crippen LogP contribution in [-0.2, 0) is 15.1 Å².